The summed E-state index contributed by atoms with van der Waals surface area (Å²) >= 11 is 0. The van der Waals surface area contributed by atoms with Crippen LogP contribution in [0, 0.1) is 0 Å². The molecule has 0 aliphatic rings. The van der Waals surface area contributed by atoms with Crippen LogP contribution in [0.15, 0.2) is 72.6 Å². The van der Waals surface area contributed by atoms with E-state index in [9.17, 15) is 4.57 Å². The summed E-state index contributed by atoms with van der Waals surface area (Å²) in [5, 5.41) is 2.41. The van der Waals surface area contributed by atoms with E-state index in [1.807, 2.05) is 67.6 Å². The summed E-state index contributed by atoms with van der Waals surface area (Å²) in [5.41, 5.74) is 0. The van der Waals surface area contributed by atoms with Crippen molar-refractivity contribution in [1.29, 1.82) is 0 Å². The Bertz CT molecular complexity index is 514. The zero-order valence-corrected chi connectivity index (χ0v) is 10.7. The second kappa shape index (κ2) is 4.73. The number of benzene rings is 2. The van der Waals surface area contributed by atoms with Gasteiger partial charge in [-0.05, 0) is 12.2 Å². The first-order chi connectivity index (χ1) is 8.15. The average molecular weight is 242 g/mol. The lowest BCUT2D eigenvalue weighted by atomic mass is 10.4. The molecule has 0 aliphatic carbocycles. The molecule has 1 nitrogen and oxygen atoms in total. The lowest BCUT2D eigenvalue weighted by molar-refractivity contribution is 0.590. The lowest BCUT2D eigenvalue weighted by Crippen LogP contribution is -2.16. The Labute approximate surface area is 102 Å². The maximum atomic E-state index is 13.2. The first-order valence-electron chi connectivity index (χ1n) is 5.53. The van der Waals surface area contributed by atoms with Crippen LogP contribution in [0.2, 0.25) is 0 Å². The Morgan fingerprint density at radius 1 is 0.882 bits per heavy atom. The van der Waals surface area contributed by atoms with Crippen LogP contribution in [0.5, 0.6) is 0 Å². The van der Waals surface area contributed by atoms with E-state index in [0.29, 0.717) is 0 Å². The minimum absolute atomic E-state index is 0.718. The van der Waals surface area contributed by atoms with Crippen molar-refractivity contribution in [3.63, 3.8) is 0 Å². The first-order valence-corrected chi connectivity index (χ1v) is 7.24. The van der Waals surface area contributed by atoms with Gasteiger partial charge in [-0.3, -0.25) is 0 Å². The number of hydrogen-bond donors (Lipinski definition) is 0. The molecule has 0 unspecified atom stereocenters. The van der Waals surface area contributed by atoms with Gasteiger partial charge in [-0.15, -0.1) is 0 Å². The van der Waals surface area contributed by atoms with Crippen LogP contribution in [-0.2, 0) is 4.57 Å². The third-order valence-corrected chi connectivity index (χ3v) is 5.90. The molecule has 86 valence electrons. The highest BCUT2D eigenvalue weighted by atomic mass is 31.2. The Kier molecular flexibility index (Phi) is 3.31. The summed E-state index contributed by atoms with van der Waals surface area (Å²) < 4.78 is 13.2. The fourth-order valence-electron chi connectivity index (χ4n) is 1.87. The van der Waals surface area contributed by atoms with Gasteiger partial charge < -0.3 is 4.57 Å². The van der Waals surface area contributed by atoms with Gasteiger partial charge in [-0.25, -0.2) is 0 Å². The van der Waals surface area contributed by atoms with Crippen molar-refractivity contribution in [2.45, 2.75) is 6.92 Å². The van der Waals surface area contributed by atoms with Gasteiger partial charge >= 0.3 is 0 Å². The monoisotopic (exact) mass is 242 g/mol. The second-order valence-electron chi connectivity index (χ2n) is 4.02. The van der Waals surface area contributed by atoms with E-state index < -0.39 is 7.14 Å². The quantitative estimate of drug-likeness (QED) is 0.752. The third kappa shape index (κ3) is 2.11. The summed E-state index contributed by atoms with van der Waals surface area (Å²) in [6, 6.07) is 19.1. The molecule has 0 amide bonds. The molecule has 0 saturated heterocycles. The van der Waals surface area contributed by atoms with E-state index in [-0.39, 0.29) is 0 Å². The Morgan fingerprint density at radius 2 is 1.24 bits per heavy atom. The van der Waals surface area contributed by atoms with Crippen molar-refractivity contribution < 1.29 is 4.57 Å². The predicted molar refractivity (Wildman–Crippen MR) is 74.6 cm³/mol. The van der Waals surface area contributed by atoms with Crippen LogP contribution in [0.25, 0.3) is 0 Å². The van der Waals surface area contributed by atoms with Gasteiger partial charge in [0.15, 0.2) is 7.14 Å². The molecular formula is C15H15OP. The Hall–Kier alpha value is -1.59. The molecule has 0 fully saturated rings. The molecule has 0 bridgehead atoms. The summed E-state index contributed by atoms with van der Waals surface area (Å²) in [6.07, 6.45) is 0. The fourth-order valence-corrected chi connectivity index (χ4v) is 4.23. The minimum atomic E-state index is -2.69. The van der Waals surface area contributed by atoms with E-state index in [0.717, 1.165) is 15.9 Å². The summed E-state index contributed by atoms with van der Waals surface area (Å²) in [5.74, 6) is 0. The van der Waals surface area contributed by atoms with Gasteiger partial charge in [0.25, 0.3) is 0 Å². The molecule has 0 spiro atoms. The van der Waals surface area contributed by atoms with E-state index >= 15 is 0 Å². The molecule has 0 atom stereocenters. The van der Waals surface area contributed by atoms with Crippen molar-refractivity contribution in [1.82, 2.24) is 0 Å². The first kappa shape index (κ1) is 11.9. The standard InChI is InChI=1S/C15H15OP/c1-13(2)17(16,14-9-5-3-6-10-14)15-11-7-4-8-12-15/h3-12H,1H2,2H3. The van der Waals surface area contributed by atoms with Crippen molar-refractivity contribution in [2.75, 3.05) is 0 Å². The van der Waals surface area contributed by atoms with Crippen LogP contribution in [0.1, 0.15) is 6.92 Å². The fraction of sp³-hybridized carbons (Fsp3) is 0.0667. The van der Waals surface area contributed by atoms with Crippen LogP contribution in [0.4, 0.5) is 0 Å². The van der Waals surface area contributed by atoms with Gasteiger partial charge in [0.1, 0.15) is 0 Å². The molecule has 2 heteroatoms. The molecule has 0 aromatic heterocycles. The van der Waals surface area contributed by atoms with Crippen LogP contribution in [0.3, 0.4) is 0 Å². The number of allylic oxidation sites excluding steroid dienone is 1. The zero-order valence-electron chi connectivity index (χ0n) is 9.84. The molecule has 17 heavy (non-hydrogen) atoms. The maximum Gasteiger partial charge on any atom is 0.166 e. The van der Waals surface area contributed by atoms with Crippen LogP contribution in [-0.4, -0.2) is 0 Å². The highest BCUT2D eigenvalue weighted by Crippen LogP contribution is 2.50. The molecule has 0 aliphatic heterocycles. The zero-order chi connectivity index (χ0) is 12.3. The average Bonchev–Trinajstić information content (AvgIpc) is 2.39. The normalized spacial score (nSPS) is 11.1. The predicted octanol–water partition coefficient (Wildman–Crippen LogP) is 3.53. The molecule has 0 heterocycles. The number of rotatable bonds is 3. The topological polar surface area (TPSA) is 17.1 Å². The maximum absolute atomic E-state index is 13.2. The van der Waals surface area contributed by atoms with E-state index in [1.54, 1.807) is 0 Å². The van der Waals surface area contributed by atoms with Gasteiger partial charge in [0.2, 0.25) is 0 Å². The van der Waals surface area contributed by atoms with Gasteiger partial charge in [0.05, 0.1) is 0 Å². The molecule has 0 radical (unpaired) electrons. The largest absolute Gasteiger partial charge is 0.309 e. The smallest absolute Gasteiger partial charge is 0.166 e. The Morgan fingerprint density at radius 3 is 1.53 bits per heavy atom. The van der Waals surface area contributed by atoms with E-state index in [2.05, 4.69) is 6.58 Å². The molecule has 0 saturated carbocycles. The highest BCUT2D eigenvalue weighted by Gasteiger charge is 2.27. The lowest BCUT2D eigenvalue weighted by Gasteiger charge is -2.19. The molecule has 2 rings (SSSR count). The molecule has 2 aromatic carbocycles. The van der Waals surface area contributed by atoms with Gasteiger partial charge in [-0.2, -0.15) is 0 Å². The molecule has 2 aromatic rings. The SMILES string of the molecule is C=C(C)P(=O)(c1ccccc1)c1ccccc1. The summed E-state index contributed by atoms with van der Waals surface area (Å²) in [7, 11) is -2.69. The molecular weight excluding hydrogens is 227 g/mol. The Balaban J connectivity index is 2.64. The van der Waals surface area contributed by atoms with E-state index in [4.69, 9.17) is 0 Å². The van der Waals surface area contributed by atoms with Crippen molar-refractivity contribution in [2.24, 2.45) is 0 Å². The second-order valence-corrected chi connectivity index (χ2v) is 7.03. The summed E-state index contributed by atoms with van der Waals surface area (Å²) in [4.78, 5) is 0. The van der Waals surface area contributed by atoms with Crippen molar-refractivity contribution in [3.8, 4) is 0 Å². The van der Waals surface area contributed by atoms with Crippen LogP contribution >= 0.6 is 7.14 Å². The highest BCUT2D eigenvalue weighted by molar-refractivity contribution is 7.82. The minimum Gasteiger partial charge on any atom is -0.309 e. The van der Waals surface area contributed by atoms with Gasteiger partial charge in [-0.1, -0.05) is 67.2 Å². The summed E-state index contributed by atoms with van der Waals surface area (Å²) in [6.45, 7) is 5.75. The van der Waals surface area contributed by atoms with E-state index in [1.165, 1.54) is 0 Å². The molecule has 0 N–H and O–H groups in total. The van der Waals surface area contributed by atoms with Gasteiger partial charge in [0, 0.05) is 10.6 Å². The van der Waals surface area contributed by atoms with Crippen molar-refractivity contribution in [3.05, 3.63) is 72.6 Å². The van der Waals surface area contributed by atoms with Crippen molar-refractivity contribution >= 4 is 17.8 Å². The number of hydrogen-bond acceptors (Lipinski definition) is 1. The van der Waals surface area contributed by atoms with Crippen LogP contribution < -0.4 is 10.6 Å². The third-order valence-electron chi connectivity index (χ3n) is 2.78.